The van der Waals surface area contributed by atoms with Crippen LogP contribution < -0.4 is 11.2 Å². The molecule has 0 amide bonds. The molecule has 0 aliphatic carbocycles. The van der Waals surface area contributed by atoms with Gasteiger partial charge in [0, 0.05) is 13.2 Å². The predicted octanol–water partition coefficient (Wildman–Crippen LogP) is 3.44. The van der Waals surface area contributed by atoms with E-state index in [9.17, 15) is 24.6 Å². The Hall–Kier alpha value is -3.58. The van der Waals surface area contributed by atoms with E-state index in [2.05, 4.69) is 4.98 Å². The highest BCUT2D eigenvalue weighted by molar-refractivity contribution is 7.22. The zero-order valence-corrected chi connectivity index (χ0v) is 23.3. The zero-order valence-electron chi connectivity index (χ0n) is 22.5. The number of aliphatic hydroxyl groups excluding tert-OH is 1. The van der Waals surface area contributed by atoms with Crippen molar-refractivity contribution in [3.63, 3.8) is 0 Å². The summed E-state index contributed by atoms with van der Waals surface area (Å²) in [5.41, 5.74) is -1.42. The molecule has 1 atom stereocenters. The summed E-state index contributed by atoms with van der Waals surface area (Å²) in [6.07, 6.45) is 3.41. The fraction of sp³-hybridized carbons (Fsp3) is 0.429. The van der Waals surface area contributed by atoms with Crippen LogP contribution in [0.25, 0.3) is 21.0 Å². The van der Waals surface area contributed by atoms with Gasteiger partial charge in [-0.2, -0.15) is 0 Å². The van der Waals surface area contributed by atoms with Crippen molar-refractivity contribution in [2.45, 2.75) is 64.5 Å². The number of ether oxygens (including phenoxy) is 2. The molecule has 1 fully saturated rings. The number of aliphatic carboxylic acids is 1. The number of benzene rings is 1. The number of hydrogen-bond acceptors (Lipinski definition) is 9. The summed E-state index contributed by atoms with van der Waals surface area (Å²) in [5.74, 6) is -1.03. The molecule has 4 heterocycles. The molecule has 1 aliphatic rings. The first-order valence-electron chi connectivity index (χ1n) is 13.0. The first-order chi connectivity index (χ1) is 19.1. The second-order valence-electron chi connectivity index (χ2n) is 10.3. The minimum Gasteiger partial charge on any atom is -0.480 e. The van der Waals surface area contributed by atoms with Crippen LogP contribution in [0.4, 0.5) is 0 Å². The molecule has 40 heavy (non-hydrogen) atoms. The Morgan fingerprint density at radius 3 is 2.62 bits per heavy atom. The molecule has 212 valence electrons. The first-order valence-corrected chi connectivity index (χ1v) is 13.8. The lowest BCUT2D eigenvalue weighted by atomic mass is 10.0. The standard InChI is InChI=1S/C28H31N3O8S/c1-16-21-24(33)31(28(2,3)26(34)35)27(36)30(25(21)40-22(16)23-29-10-13-38-23)14-20(39-18-8-11-37-12-9-18)19-7-5-4-6-17(19)15-32/h4-7,10,13,18,20,32H,8-9,11-12,14-15H2,1-3H3,(H,34,35)/t20-/m1/s1. The van der Waals surface area contributed by atoms with Crippen molar-refractivity contribution in [3.8, 4) is 10.8 Å². The predicted molar refractivity (Wildman–Crippen MR) is 148 cm³/mol. The molecular weight excluding hydrogens is 538 g/mol. The van der Waals surface area contributed by atoms with Crippen LogP contribution in [0.3, 0.4) is 0 Å². The Labute approximate surface area is 233 Å². The van der Waals surface area contributed by atoms with E-state index in [-0.39, 0.29) is 24.6 Å². The van der Waals surface area contributed by atoms with E-state index < -0.39 is 28.9 Å². The Kier molecular flexibility index (Phi) is 7.78. The van der Waals surface area contributed by atoms with Gasteiger partial charge in [0.15, 0.2) is 0 Å². The molecule has 1 aromatic carbocycles. The van der Waals surface area contributed by atoms with E-state index in [1.165, 1.54) is 42.2 Å². The van der Waals surface area contributed by atoms with E-state index >= 15 is 0 Å². The molecule has 1 saturated heterocycles. The van der Waals surface area contributed by atoms with E-state index in [0.717, 1.165) is 4.57 Å². The number of aryl methyl sites for hydroxylation is 1. The minimum absolute atomic E-state index is 0.0232. The van der Waals surface area contributed by atoms with E-state index in [0.29, 0.717) is 58.3 Å². The van der Waals surface area contributed by atoms with Crippen molar-refractivity contribution < 1.29 is 28.9 Å². The van der Waals surface area contributed by atoms with Crippen molar-refractivity contribution in [2.75, 3.05) is 13.2 Å². The number of aromatic nitrogens is 3. The molecule has 0 saturated carbocycles. The van der Waals surface area contributed by atoms with Gasteiger partial charge >= 0.3 is 11.7 Å². The lowest BCUT2D eigenvalue weighted by Crippen LogP contribution is -2.52. The largest absolute Gasteiger partial charge is 0.480 e. The van der Waals surface area contributed by atoms with Crippen molar-refractivity contribution in [2.24, 2.45) is 0 Å². The molecule has 0 radical (unpaired) electrons. The lowest BCUT2D eigenvalue weighted by Gasteiger charge is -2.30. The number of aliphatic hydroxyl groups is 1. The highest BCUT2D eigenvalue weighted by Gasteiger charge is 2.36. The van der Waals surface area contributed by atoms with Crippen LogP contribution in [0.15, 0.2) is 50.7 Å². The van der Waals surface area contributed by atoms with Gasteiger partial charge in [-0.15, -0.1) is 11.3 Å². The summed E-state index contributed by atoms with van der Waals surface area (Å²) in [6, 6.07) is 7.27. The van der Waals surface area contributed by atoms with Gasteiger partial charge in [-0.1, -0.05) is 24.3 Å². The molecule has 12 heteroatoms. The number of carboxylic acid groups (broad SMARTS) is 1. The Morgan fingerprint density at radius 1 is 1.25 bits per heavy atom. The van der Waals surface area contributed by atoms with Crippen molar-refractivity contribution >= 4 is 27.5 Å². The number of rotatable bonds is 9. The maximum atomic E-state index is 14.1. The average molecular weight is 570 g/mol. The van der Waals surface area contributed by atoms with Crippen LogP contribution in [0.5, 0.6) is 0 Å². The molecule has 4 aromatic rings. The third-order valence-corrected chi connectivity index (χ3v) is 8.67. The molecule has 11 nitrogen and oxygen atoms in total. The fourth-order valence-electron chi connectivity index (χ4n) is 5.05. The molecular formula is C28H31N3O8S. The van der Waals surface area contributed by atoms with E-state index in [1.54, 1.807) is 13.0 Å². The second kappa shape index (κ2) is 11.1. The summed E-state index contributed by atoms with van der Waals surface area (Å²) in [4.78, 5) is 45.3. The quantitative estimate of drug-likeness (QED) is 0.309. The number of nitrogens with zero attached hydrogens (tertiary/aromatic N) is 3. The SMILES string of the molecule is Cc1c(-c2ncco2)sc2c1c(=O)n(C(C)(C)C(=O)O)c(=O)n2C[C@@H](OC1CCOCC1)c1ccccc1CO. The van der Waals surface area contributed by atoms with Crippen LogP contribution >= 0.6 is 11.3 Å². The van der Waals surface area contributed by atoms with Gasteiger partial charge in [0.1, 0.15) is 22.7 Å². The van der Waals surface area contributed by atoms with Gasteiger partial charge in [0.2, 0.25) is 5.89 Å². The van der Waals surface area contributed by atoms with Crippen LogP contribution in [0.2, 0.25) is 0 Å². The summed E-state index contributed by atoms with van der Waals surface area (Å²) < 4.78 is 19.7. The number of fused-ring (bicyclic) bond motifs is 1. The molecule has 1 aliphatic heterocycles. The third kappa shape index (κ3) is 4.92. The van der Waals surface area contributed by atoms with Crippen molar-refractivity contribution in [1.29, 1.82) is 0 Å². The Morgan fingerprint density at radius 2 is 1.98 bits per heavy atom. The number of oxazole rings is 1. The van der Waals surface area contributed by atoms with E-state index in [1.807, 2.05) is 18.2 Å². The first kappa shape index (κ1) is 28.0. The van der Waals surface area contributed by atoms with Gasteiger partial charge < -0.3 is 24.1 Å². The number of thiophene rings is 1. The summed E-state index contributed by atoms with van der Waals surface area (Å²) in [5, 5.41) is 20.3. The van der Waals surface area contributed by atoms with Crippen LogP contribution in [-0.2, 0) is 33.0 Å². The number of carbonyl (C=O) groups is 1. The minimum atomic E-state index is -1.83. The van der Waals surface area contributed by atoms with Gasteiger partial charge in [0.05, 0.1) is 35.7 Å². The third-order valence-electron chi connectivity index (χ3n) is 7.37. The summed E-state index contributed by atoms with van der Waals surface area (Å²) >= 11 is 1.18. The fourth-order valence-corrected chi connectivity index (χ4v) is 6.29. The molecule has 5 rings (SSSR count). The van der Waals surface area contributed by atoms with Crippen LogP contribution in [-0.4, -0.2) is 49.6 Å². The highest BCUT2D eigenvalue weighted by Crippen LogP contribution is 2.37. The summed E-state index contributed by atoms with van der Waals surface area (Å²) in [6.45, 7) is 5.21. The van der Waals surface area contributed by atoms with Crippen molar-refractivity contribution in [3.05, 3.63) is 74.3 Å². The molecule has 3 aromatic heterocycles. The second-order valence-corrected chi connectivity index (χ2v) is 11.3. The normalized spacial score (nSPS) is 15.5. The molecule has 0 unspecified atom stereocenters. The lowest BCUT2D eigenvalue weighted by molar-refractivity contribution is -0.146. The smallest absolute Gasteiger partial charge is 0.333 e. The van der Waals surface area contributed by atoms with Gasteiger partial charge in [0.25, 0.3) is 5.56 Å². The van der Waals surface area contributed by atoms with Crippen molar-refractivity contribution in [1.82, 2.24) is 14.1 Å². The maximum absolute atomic E-state index is 14.1. The zero-order chi connectivity index (χ0) is 28.6. The Balaban J connectivity index is 1.76. The van der Waals surface area contributed by atoms with E-state index in [4.69, 9.17) is 13.9 Å². The average Bonchev–Trinajstić information content (AvgIpc) is 3.59. The molecule has 0 spiro atoms. The maximum Gasteiger partial charge on any atom is 0.333 e. The van der Waals surface area contributed by atoms with Crippen LogP contribution in [0, 0.1) is 6.92 Å². The highest BCUT2D eigenvalue weighted by atomic mass is 32.1. The number of carboxylic acids is 1. The summed E-state index contributed by atoms with van der Waals surface area (Å²) in [7, 11) is 0. The van der Waals surface area contributed by atoms with Gasteiger partial charge in [-0.25, -0.2) is 19.1 Å². The molecule has 0 bridgehead atoms. The monoisotopic (exact) mass is 569 g/mol. The molecule has 2 N–H and O–H groups in total. The van der Waals surface area contributed by atoms with Gasteiger partial charge in [-0.05, 0) is 50.3 Å². The number of hydrogen-bond donors (Lipinski definition) is 2. The topological polar surface area (TPSA) is 146 Å². The van der Waals surface area contributed by atoms with Crippen LogP contribution in [0.1, 0.15) is 49.5 Å². The Bertz CT molecular complexity index is 1640. The van der Waals surface area contributed by atoms with Gasteiger partial charge in [-0.3, -0.25) is 9.36 Å².